The second kappa shape index (κ2) is 17.2. The Balaban J connectivity index is 3.04. The molecular weight excluding hydrogens is 305 g/mol. The maximum absolute atomic E-state index is 10.0. The molecule has 0 saturated heterocycles. The van der Waals surface area contributed by atoms with Crippen LogP contribution in [0.25, 0.3) is 0 Å². The van der Waals surface area contributed by atoms with Gasteiger partial charge < -0.3 is 23.7 Å². The van der Waals surface area contributed by atoms with E-state index < -0.39 is 0 Å². The van der Waals surface area contributed by atoms with Crippen molar-refractivity contribution in [2.45, 2.75) is 20.1 Å². The van der Waals surface area contributed by atoms with Gasteiger partial charge in [0.05, 0.1) is 52.9 Å². The summed E-state index contributed by atoms with van der Waals surface area (Å²) in [4.78, 5) is 10.0. The fraction of sp³-hybridized carbons (Fsp3) is 0.929. The average Bonchev–Trinajstić information content (AvgIpc) is 2.50. The van der Waals surface area contributed by atoms with Crippen LogP contribution in [0.15, 0.2) is 0 Å². The molecular formula is C14H30BNO5S. The number of aldehydes is 1. The first-order valence-corrected chi connectivity index (χ1v) is 8.73. The number of hydrogen-bond acceptors (Lipinski definition) is 7. The molecule has 0 N–H and O–H groups in total. The van der Waals surface area contributed by atoms with Gasteiger partial charge in [0.2, 0.25) is 6.85 Å². The van der Waals surface area contributed by atoms with Gasteiger partial charge in [0.25, 0.3) is 0 Å². The Bertz CT molecular complexity index is 249. The summed E-state index contributed by atoms with van der Waals surface area (Å²) in [7, 11) is 2.09. The zero-order valence-electron chi connectivity index (χ0n) is 14.1. The van der Waals surface area contributed by atoms with Crippen molar-refractivity contribution in [3.63, 3.8) is 0 Å². The van der Waals surface area contributed by atoms with Crippen LogP contribution in [0, 0.1) is 0 Å². The van der Waals surface area contributed by atoms with Crippen LogP contribution in [-0.4, -0.2) is 83.0 Å². The van der Waals surface area contributed by atoms with E-state index in [1.165, 1.54) is 0 Å². The van der Waals surface area contributed by atoms with Crippen molar-refractivity contribution in [3.05, 3.63) is 0 Å². The summed E-state index contributed by atoms with van der Waals surface area (Å²) in [6.07, 6.45) is 1.29. The van der Waals surface area contributed by atoms with Crippen molar-refractivity contribution >= 4 is 25.1 Å². The first-order chi connectivity index (χ1) is 10.7. The minimum absolute atomic E-state index is 0.440. The number of carbonyl (C=O) groups is 1. The van der Waals surface area contributed by atoms with Gasteiger partial charge >= 0.3 is 0 Å². The van der Waals surface area contributed by atoms with E-state index in [1.54, 1.807) is 11.9 Å². The highest BCUT2D eigenvalue weighted by Gasteiger charge is 2.06. The van der Waals surface area contributed by atoms with Crippen molar-refractivity contribution in [3.8, 4) is 0 Å². The highest BCUT2D eigenvalue weighted by Crippen LogP contribution is 2.08. The molecule has 0 fully saturated rings. The first-order valence-electron chi connectivity index (χ1n) is 7.78. The van der Waals surface area contributed by atoms with Crippen LogP contribution in [0.5, 0.6) is 0 Å². The Hall–Kier alpha value is -0.115. The third-order valence-electron chi connectivity index (χ3n) is 2.75. The third kappa shape index (κ3) is 16.3. The molecule has 0 aliphatic rings. The summed E-state index contributed by atoms with van der Waals surface area (Å²) in [6, 6.07) is 0. The van der Waals surface area contributed by atoms with Crippen molar-refractivity contribution in [1.29, 1.82) is 0 Å². The van der Waals surface area contributed by atoms with Gasteiger partial charge in [-0.15, -0.1) is 0 Å². The summed E-state index contributed by atoms with van der Waals surface area (Å²) in [5.41, 5.74) is 0. The summed E-state index contributed by atoms with van der Waals surface area (Å²) in [5.74, 6) is 0.960. The van der Waals surface area contributed by atoms with Gasteiger partial charge in [-0.2, -0.15) is 0 Å². The molecule has 0 saturated carbocycles. The molecule has 0 aromatic carbocycles. The SMILES string of the molecule is CB(C)N(C)SCCOCCOCCOCCOCCC=O. The highest BCUT2D eigenvalue weighted by atomic mass is 32.2. The Kier molecular flexibility index (Phi) is 17.2. The van der Waals surface area contributed by atoms with Gasteiger partial charge in [0.1, 0.15) is 6.29 Å². The lowest BCUT2D eigenvalue weighted by Gasteiger charge is -2.17. The largest absolute Gasteiger partial charge is 0.379 e. The zero-order valence-corrected chi connectivity index (χ0v) is 14.9. The molecule has 0 atom stereocenters. The molecule has 0 amide bonds. The number of rotatable bonds is 17. The van der Waals surface area contributed by atoms with Crippen LogP contribution in [0.3, 0.4) is 0 Å². The fourth-order valence-corrected chi connectivity index (χ4v) is 2.06. The summed E-state index contributed by atoms with van der Waals surface area (Å²) < 4.78 is 23.6. The molecule has 0 heterocycles. The lowest BCUT2D eigenvalue weighted by atomic mass is 9.69. The molecule has 0 aliphatic heterocycles. The molecule has 0 unspecified atom stereocenters. The number of ether oxygens (including phenoxy) is 4. The number of carbonyl (C=O) groups excluding carboxylic acids is 1. The monoisotopic (exact) mass is 335 g/mol. The van der Waals surface area contributed by atoms with Crippen LogP contribution < -0.4 is 0 Å². The second-order valence-corrected chi connectivity index (χ2v) is 6.12. The summed E-state index contributed by atoms with van der Waals surface area (Å²) >= 11 is 1.79. The van der Waals surface area contributed by atoms with Crippen LogP contribution in [0.1, 0.15) is 6.42 Å². The van der Waals surface area contributed by atoms with E-state index in [4.69, 9.17) is 18.9 Å². The Labute approximate surface area is 139 Å². The molecule has 0 spiro atoms. The number of hydrogen-bond donors (Lipinski definition) is 0. The molecule has 6 nitrogen and oxygen atoms in total. The number of nitrogens with zero attached hydrogens (tertiary/aromatic N) is 1. The molecule has 0 radical (unpaired) electrons. The molecule has 0 aromatic heterocycles. The molecule has 0 bridgehead atoms. The van der Waals surface area contributed by atoms with Crippen LogP contribution in [-0.2, 0) is 23.7 Å². The first kappa shape index (κ1) is 21.9. The van der Waals surface area contributed by atoms with E-state index in [0.717, 1.165) is 18.6 Å². The molecule has 22 heavy (non-hydrogen) atoms. The van der Waals surface area contributed by atoms with Crippen molar-refractivity contribution in [1.82, 2.24) is 4.22 Å². The quantitative estimate of drug-likeness (QED) is 0.173. The molecule has 0 rings (SSSR count). The zero-order chi connectivity index (χ0) is 16.5. The second-order valence-electron chi connectivity index (χ2n) is 4.88. The molecule has 0 aliphatic carbocycles. The minimum atomic E-state index is 0.440. The van der Waals surface area contributed by atoms with Crippen molar-refractivity contribution in [2.75, 3.05) is 65.7 Å². The van der Waals surface area contributed by atoms with Gasteiger partial charge in [-0.25, -0.2) is 0 Å². The Morgan fingerprint density at radius 2 is 1.32 bits per heavy atom. The summed E-state index contributed by atoms with van der Waals surface area (Å²) in [6.45, 7) is 9.43. The van der Waals surface area contributed by atoms with Gasteiger partial charge in [-0.3, -0.25) is 4.22 Å². The van der Waals surface area contributed by atoms with E-state index in [2.05, 4.69) is 24.9 Å². The van der Waals surface area contributed by atoms with Gasteiger partial charge in [0.15, 0.2) is 0 Å². The lowest BCUT2D eigenvalue weighted by Crippen LogP contribution is -2.24. The van der Waals surface area contributed by atoms with E-state index in [0.29, 0.717) is 59.5 Å². The Morgan fingerprint density at radius 1 is 0.864 bits per heavy atom. The van der Waals surface area contributed by atoms with Gasteiger partial charge in [0, 0.05) is 12.2 Å². The molecule has 8 heteroatoms. The summed E-state index contributed by atoms with van der Waals surface area (Å²) in [5, 5.41) is 0. The van der Waals surface area contributed by atoms with Crippen LogP contribution >= 0.6 is 11.9 Å². The highest BCUT2D eigenvalue weighted by molar-refractivity contribution is 7.98. The Morgan fingerprint density at radius 3 is 1.77 bits per heavy atom. The standard InChI is InChI=1S/C14H30BNO5S/c1-15(2)16(3)22-14-13-21-12-11-20-10-9-19-8-7-18-6-4-5-17/h5H,4,6-14H2,1-3H3. The molecule has 130 valence electrons. The third-order valence-corrected chi connectivity index (χ3v) is 3.92. The van der Waals surface area contributed by atoms with Crippen molar-refractivity contribution in [2.24, 2.45) is 0 Å². The van der Waals surface area contributed by atoms with Crippen LogP contribution in [0.4, 0.5) is 0 Å². The smallest absolute Gasteiger partial charge is 0.228 e. The van der Waals surface area contributed by atoms with Crippen LogP contribution in [0.2, 0.25) is 13.6 Å². The van der Waals surface area contributed by atoms with Gasteiger partial charge in [-0.1, -0.05) is 25.6 Å². The van der Waals surface area contributed by atoms with E-state index in [9.17, 15) is 4.79 Å². The van der Waals surface area contributed by atoms with Crippen molar-refractivity contribution < 1.29 is 23.7 Å². The maximum Gasteiger partial charge on any atom is 0.228 e. The molecule has 0 aromatic rings. The minimum Gasteiger partial charge on any atom is -0.379 e. The van der Waals surface area contributed by atoms with E-state index in [1.807, 2.05) is 0 Å². The topological polar surface area (TPSA) is 57.2 Å². The van der Waals surface area contributed by atoms with E-state index >= 15 is 0 Å². The lowest BCUT2D eigenvalue weighted by molar-refractivity contribution is -0.108. The predicted octanol–water partition coefficient (Wildman–Crippen LogP) is 1.47. The van der Waals surface area contributed by atoms with E-state index in [-0.39, 0.29) is 0 Å². The maximum atomic E-state index is 10.0. The average molecular weight is 335 g/mol. The van der Waals surface area contributed by atoms with Gasteiger partial charge in [-0.05, 0) is 7.05 Å². The predicted molar refractivity (Wildman–Crippen MR) is 91.7 cm³/mol. The fourth-order valence-electron chi connectivity index (χ4n) is 1.28. The normalized spacial score (nSPS) is 11.1.